The maximum absolute atomic E-state index is 13.1. The van der Waals surface area contributed by atoms with Gasteiger partial charge >= 0.3 is 12.1 Å². The number of aliphatic hydroxyl groups is 1. The first-order chi connectivity index (χ1) is 13.3. The van der Waals surface area contributed by atoms with Crippen LogP contribution in [0.1, 0.15) is 25.8 Å². The third kappa shape index (κ3) is 7.85. The van der Waals surface area contributed by atoms with Gasteiger partial charge in [0, 0.05) is 6.42 Å². The number of alkyl halides is 3. The zero-order valence-corrected chi connectivity index (χ0v) is 16.2. The van der Waals surface area contributed by atoms with Gasteiger partial charge in [0.15, 0.2) is 6.04 Å². The maximum Gasteiger partial charge on any atom is 0.418 e. The molecule has 164 valence electrons. The van der Waals surface area contributed by atoms with Gasteiger partial charge in [0.05, 0.1) is 29.7 Å². The molecule has 0 aliphatic heterocycles. The van der Waals surface area contributed by atoms with Gasteiger partial charge in [-0.2, -0.15) is 13.2 Å². The molecule has 13 heteroatoms. The molecule has 1 rings (SSSR count). The summed E-state index contributed by atoms with van der Waals surface area (Å²) in [5.41, 5.74) is -2.42. The topological polar surface area (TPSA) is 122 Å². The molecule has 0 heterocycles. The van der Waals surface area contributed by atoms with E-state index in [1.165, 1.54) is 13.8 Å². The minimum Gasteiger partial charge on any atom is -0.464 e. The average molecular weight is 444 g/mol. The van der Waals surface area contributed by atoms with Crippen LogP contribution in [-0.2, 0) is 30.5 Å². The van der Waals surface area contributed by atoms with Crippen LogP contribution in [0.2, 0.25) is 0 Å². The monoisotopic (exact) mass is 444 g/mol. The van der Waals surface area contributed by atoms with Crippen molar-refractivity contribution in [1.29, 1.82) is 0 Å². The molecular formula is C16H20F4N2O6S. The van der Waals surface area contributed by atoms with Crippen LogP contribution in [0.25, 0.3) is 0 Å². The predicted octanol–water partition coefficient (Wildman–Crippen LogP) is 1.40. The molecule has 0 aromatic heterocycles. The summed E-state index contributed by atoms with van der Waals surface area (Å²) >= 11 is 0. The van der Waals surface area contributed by atoms with Crippen LogP contribution < -0.4 is 10.0 Å². The molecule has 8 nitrogen and oxygen atoms in total. The summed E-state index contributed by atoms with van der Waals surface area (Å²) < 4.78 is 82.3. The molecule has 1 amide bonds. The quantitative estimate of drug-likeness (QED) is 0.391. The Morgan fingerprint density at radius 3 is 2.41 bits per heavy atom. The minimum atomic E-state index is -5.01. The van der Waals surface area contributed by atoms with Crippen LogP contribution >= 0.6 is 0 Å². The van der Waals surface area contributed by atoms with Crippen LogP contribution in [0.15, 0.2) is 18.2 Å². The van der Waals surface area contributed by atoms with E-state index in [9.17, 15) is 40.7 Å². The number of halogens is 4. The summed E-state index contributed by atoms with van der Waals surface area (Å²) in [5, 5.41) is 11.6. The van der Waals surface area contributed by atoms with Gasteiger partial charge in [0.1, 0.15) is 5.82 Å². The van der Waals surface area contributed by atoms with Crippen molar-refractivity contribution >= 4 is 27.6 Å². The van der Waals surface area contributed by atoms with E-state index in [-0.39, 0.29) is 12.7 Å². The number of hydrogen-bond acceptors (Lipinski definition) is 6. The van der Waals surface area contributed by atoms with Gasteiger partial charge < -0.3 is 15.2 Å². The Labute approximate surface area is 164 Å². The summed E-state index contributed by atoms with van der Waals surface area (Å²) in [6.45, 7) is 2.69. The molecule has 0 aliphatic rings. The number of hydrogen-bond donors (Lipinski definition) is 3. The fraction of sp³-hybridized carbons (Fsp3) is 0.500. The average Bonchev–Trinajstić information content (AvgIpc) is 2.58. The Morgan fingerprint density at radius 2 is 1.90 bits per heavy atom. The van der Waals surface area contributed by atoms with Crippen LogP contribution in [0, 0.1) is 5.82 Å². The Balaban J connectivity index is 2.82. The highest BCUT2D eigenvalue weighted by Crippen LogP contribution is 2.35. The van der Waals surface area contributed by atoms with Gasteiger partial charge in [0.2, 0.25) is 15.9 Å². The van der Waals surface area contributed by atoms with E-state index >= 15 is 0 Å². The van der Waals surface area contributed by atoms with Crippen molar-refractivity contribution in [1.82, 2.24) is 5.32 Å². The first-order valence-corrected chi connectivity index (χ1v) is 9.93. The summed E-state index contributed by atoms with van der Waals surface area (Å²) in [5.74, 6) is -4.02. The number of sulfonamides is 1. The number of anilines is 1. The fourth-order valence-electron chi connectivity index (χ4n) is 2.14. The van der Waals surface area contributed by atoms with Crippen LogP contribution in [0.3, 0.4) is 0 Å². The van der Waals surface area contributed by atoms with E-state index in [1.54, 1.807) is 4.72 Å². The van der Waals surface area contributed by atoms with E-state index in [1.807, 2.05) is 0 Å². The molecule has 1 aromatic rings. The normalized spacial score (nSPS) is 14.0. The smallest absolute Gasteiger partial charge is 0.418 e. The van der Waals surface area contributed by atoms with Crippen molar-refractivity contribution < 1.29 is 45.4 Å². The van der Waals surface area contributed by atoms with Gasteiger partial charge in [-0.05, 0) is 32.0 Å². The molecule has 0 saturated heterocycles. The molecule has 0 spiro atoms. The predicted molar refractivity (Wildman–Crippen MR) is 93.7 cm³/mol. The summed E-state index contributed by atoms with van der Waals surface area (Å²) in [6, 6.07) is -0.0455. The molecule has 1 aromatic carbocycles. The molecule has 0 fully saturated rings. The number of rotatable bonds is 9. The number of amides is 1. The van der Waals surface area contributed by atoms with E-state index < -0.39 is 69.5 Å². The lowest BCUT2D eigenvalue weighted by Crippen LogP contribution is -2.48. The second-order valence-corrected chi connectivity index (χ2v) is 7.74. The van der Waals surface area contributed by atoms with Gasteiger partial charge in [-0.25, -0.2) is 17.6 Å². The van der Waals surface area contributed by atoms with Crippen molar-refractivity contribution in [2.45, 2.75) is 38.6 Å². The number of benzene rings is 1. The van der Waals surface area contributed by atoms with E-state index in [0.717, 1.165) is 0 Å². The molecule has 29 heavy (non-hydrogen) atoms. The summed E-state index contributed by atoms with van der Waals surface area (Å²) in [4.78, 5) is 23.5. The van der Waals surface area contributed by atoms with Crippen molar-refractivity contribution in [3.05, 3.63) is 29.6 Å². The molecule has 2 atom stereocenters. The molecule has 0 saturated carbocycles. The highest BCUT2D eigenvalue weighted by molar-refractivity contribution is 7.92. The highest BCUT2D eigenvalue weighted by atomic mass is 32.2. The Morgan fingerprint density at radius 1 is 1.28 bits per heavy atom. The Hall–Kier alpha value is -2.41. The molecule has 3 N–H and O–H groups in total. The molecule has 2 unspecified atom stereocenters. The highest BCUT2D eigenvalue weighted by Gasteiger charge is 2.35. The minimum absolute atomic E-state index is 0.0184. The fourth-order valence-corrected chi connectivity index (χ4v) is 3.21. The van der Waals surface area contributed by atoms with Crippen LogP contribution in [-0.4, -0.2) is 49.9 Å². The largest absolute Gasteiger partial charge is 0.464 e. The number of aliphatic hydroxyl groups excluding tert-OH is 1. The van der Waals surface area contributed by atoms with Gasteiger partial charge in [-0.15, -0.1) is 0 Å². The number of carbonyl (C=O) groups excluding carboxylic acids is 2. The SMILES string of the molecule is CCOC(=O)C(NC(=O)CCS(=O)(=O)Nc1ccc(F)cc1C(F)(F)F)C(C)O. The van der Waals surface area contributed by atoms with E-state index in [2.05, 4.69) is 10.1 Å². The Kier molecular flexibility index (Phi) is 8.38. The molecule has 0 bridgehead atoms. The first kappa shape index (κ1) is 24.6. The first-order valence-electron chi connectivity index (χ1n) is 8.28. The van der Waals surface area contributed by atoms with Crippen molar-refractivity contribution in [3.8, 4) is 0 Å². The van der Waals surface area contributed by atoms with Crippen molar-refractivity contribution in [2.75, 3.05) is 17.1 Å². The van der Waals surface area contributed by atoms with Crippen LogP contribution in [0.5, 0.6) is 0 Å². The zero-order chi connectivity index (χ0) is 22.4. The summed E-state index contributed by atoms with van der Waals surface area (Å²) in [6.07, 6.45) is -7.07. The van der Waals surface area contributed by atoms with E-state index in [0.29, 0.717) is 12.1 Å². The second kappa shape index (κ2) is 9.87. The van der Waals surface area contributed by atoms with Crippen molar-refractivity contribution in [2.24, 2.45) is 0 Å². The number of ether oxygens (including phenoxy) is 1. The number of esters is 1. The molecule has 0 radical (unpaired) electrons. The standard InChI is InChI=1S/C16H20F4N2O6S/c1-3-28-15(25)14(9(2)23)21-13(24)6-7-29(26,27)22-12-5-4-10(17)8-11(12)16(18,19)20/h4-5,8-9,14,22-23H,3,6-7H2,1-2H3,(H,21,24). The lowest BCUT2D eigenvalue weighted by atomic mass is 10.2. The molecular weight excluding hydrogens is 424 g/mol. The Bertz CT molecular complexity index is 842. The third-order valence-electron chi connectivity index (χ3n) is 3.49. The lowest BCUT2D eigenvalue weighted by Gasteiger charge is -2.19. The van der Waals surface area contributed by atoms with Gasteiger partial charge in [0.25, 0.3) is 0 Å². The van der Waals surface area contributed by atoms with Gasteiger partial charge in [-0.3, -0.25) is 9.52 Å². The van der Waals surface area contributed by atoms with E-state index in [4.69, 9.17) is 0 Å². The molecule has 0 aliphatic carbocycles. The lowest BCUT2D eigenvalue weighted by molar-refractivity contribution is -0.150. The third-order valence-corrected chi connectivity index (χ3v) is 4.76. The van der Waals surface area contributed by atoms with Crippen molar-refractivity contribution in [3.63, 3.8) is 0 Å². The number of nitrogens with one attached hydrogen (secondary N) is 2. The maximum atomic E-state index is 13.1. The zero-order valence-electron chi connectivity index (χ0n) is 15.4. The van der Waals surface area contributed by atoms with Crippen LogP contribution in [0.4, 0.5) is 23.2 Å². The number of carbonyl (C=O) groups is 2. The second-order valence-electron chi connectivity index (χ2n) is 5.90. The summed E-state index contributed by atoms with van der Waals surface area (Å²) in [7, 11) is -4.42. The van der Waals surface area contributed by atoms with Gasteiger partial charge in [-0.1, -0.05) is 0 Å².